The summed E-state index contributed by atoms with van der Waals surface area (Å²) >= 11 is 0. The average Bonchev–Trinajstić information content (AvgIpc) is 1.38. The van der Waals surface area contributed by atoms with Gasteiger partial charge in [-0.3, -0.25) is 9.97 Å². The minimum Gasteiger partial charge on any atom is -0.358 e. The molecule has 0 N–H and O–H groups in total. The van der Waals surface area contributed by atoms with E-state index in [4.69, 9.17) is 37.8 Å². The number of nitrogens with zero attached hydrogens (tertiary/aromatic N) is 7. The molecule has 0 amide bonds. The maximum absolute atomic E-state index is 6.95. The van der Waals surface area contributed by atoms with E-state index in [2.05, 4.69) is 265 Å². The molecule has 7 aromatic rings. The van der Waals surface area contributed by atoms with Crippen molar-refractivity contribution in [1.29, 1.82) is 0 Å². The van der Waals surface area contributed by atoms with Crippen LogP contribution >= 0.6 is 51.5 Å². The first kappa shape index (κ1) is 142. The summed E-state index contributed by atoms with van der Waals surface area (Å²) in [5, 5.41) is 1.52. The van der Waals surface area contributed by atoms with Crippen LogP contribution in [0.1, 0.15) is 357 Å². The van der Waals surface area contributed by atoms with Crippen LogP contribution < -0.4 is 38.0 Å². The zero-order valence-corrected chi connectivity index (χ0v) is 101. The second-order valence-electron chi connectivity index (χ2n) is 43.5. The zero-order valence-electron chi connectivity index (χ0n) is 90.1. The molecule has 744 valence electrons. The maximum atomic E-state index is 6.95. The van der Waals surface area contributed by atoms with E-state index in [0.29, 0.717) is 38.6 Å². The average molecular weight is 2120 g/mol. The summed E-state index contributed by atoms with van der Waals surface area (Å²) in [5.41, 5.74) is 13.8. The summed E-state index contributed by atoms with van der Waals surface area (Å²) in [5.74, 6) is 0. The Kier molecular flexibility index (Phi) is 69.0. The van der Waals surface area contributed by atoms with Crippen LogP contribution in [0.5, 0.6) is 0 Å². The molecule has 0 saturated heterocycles. The van der Waals surface area contributed by atoms with Crippen LogP contribution in [-0.2, 0) is 68.3 Å². The van der Waals surface area contributed by atoms with Crippen LogP contribution in [0.4, 0.5) is 0 Å². The van der Waals surface area contributed by atoms with Gasteiger partial charge in [-0.2, -0.15) is 0 Å². The third kappa shape index (κ3) is 38.1. The van der Waals surface area contributed by atoms with Gasteiger partial charge in [0.15, 0.2) is 27.2 Å². The summed E-state index contributed by atoms with van der Waals surface area (Å²) in [7, 11) is 26.2. The monoisotopic (exact) mass is 2120 g/mol. The predicted octanol–water partition coefficient (Wildman–Crippen LogP) is 31.1. The van der Waals surface area contributed by atoms with Crippen molar-refractivity contribution in [2.45, 2.75) is 433 Å². The summed E-state index contributed by atoms with van der Waals surface area (Å²) in [6, 6.07) is 43.7. The summed E-state index contributed by atoms with van der Waals surface area (Å²) in [4.78, 5) is 32.2. The fourth-order valence-corrected chi connectivity index (χ4v) is 47.8. The number of rotatable bonds is 14. The molecule has 23 heteroatoms. The van der Waals surface area contributed by atoms with E-state index in [-0.39, 0.29) is 169 Å². The van der Waals surface area contributed by atoms with Crippen LogP contribution in [-0.4, -0.2) is 148 Å². The Morgan fingerprint density at radius 2 is 0.351 bits per heavy atom. The quantitative estimate of drug-likeness (QED) is 0.0609. The fraction of sp³-hybridized carbons (Fsp3) is 0.613. The minimum atomic E-state index is -1.66. The van der Waals surface area contributed by atoms with Crippen molar-refractivity contribution in [3.63, 3.8) is 0 Å². The van der Waals surface area contributed by atoms with Crippen molar-refractivity contribution in [3.8, 4) is 0 Å². The van der Waals surface area contributed by atoms with Crippen molar-refractivity contribution in [1.82, 2.24) is 34.9 Å². The molecular formula is C111H188B5Fe4N7P7+5. The smallest absolute Gasteiger partial charge is 0.358 e. The van der Waals surface area contributed by atoms with E-state index in [0.717, 1.165) is 11.3 Å². The molecule has 7 unspecified atom stereocenters. The topological polar surface area (TPSA) is 90.2 Å². The normalized spacial score (nSPS) is 19.2. The van der Waals surface area contributed by atoms with Crippen LogP contribution in [0.15, 0.2) is 171 Å². The van der Waals surface area contributed by atoms with Crippen molar-refractivity contribution < 1.29 is 68.3 Å². The molecule has 8 aliphatic carbocycles. The third-order valence-corrected chi connectivity index (χ3v) is 59.5. The molecule has 8 aliphatic rings. The fourth-order valence-electron chi connectivity index (χ4n) is 21.2. The van der Waals surface area contributed by atoms with Crippen molar-refractivity contribution in [3.05, 3.63) is 230 Å². The Balaban J connectivity index is -0.000000471. The molecule has 7 aromatic heterocycles. The van der Waals surface area contributed by atoms with Gasteiger partial charge in [0.25, 0.3) is 0 Å². The van der Waals surface area contributed by atoms with Gasteiger partial charge >= 0.3 is 106 Å². The molecular weight excluding hydrogens is 1930 g/mol. The Bertz CT molecular complexity index is 3540. The van der Waals surface area contributed by atoms with Gasteiger partial charge in [0.2, 0.25) is 0 Å². The van der Waals surface area contributed by atoms with Gasteiger partial charge in [0, 0.05) is 79.1 Å². The van der Waals surface area contributed by atoms with Crippen LogP contribution in [0.3, 0.4) is 0 Å². The molecule has 0 aliphatic heterocycles. The van der Waals surface area contributed by atoms with Crippen molar-refractivity contribution >= 4 is 127 Å². The van der Waals surface area contributed by atoms with Crippen molar-refractivity contribution in [2.75, 3.05) is 0 Å². The molecule has 0 spiro atoms. The largest absolute Gasteiger partial charge is 2.00 e. The number of aromatic nitrogens is 7. The van der Waals surface area contributed by atoms with Gasteiger partial charge in [-0.05, 0) is 380 Å². The summed E-state index contributed by atoms with van der Waals surface area (Å²) < 4.78 is 0. The first-order valence-corrected chi connectivity index (χ1v) is 60.3. The Labute approximate surface area is 885 Å². The van der Waals surface area contributed by atoms with E-state index >= 15 is 0 Å². The number of pyridine rings is 7. The second kappa shape index (κ2) is 65.1. The van der Waals surface area contributed by atoms with Crippen molar-refractivity contribution in [2.24, 2.45) is 0 Å². The van der Waals surface area contributed by atoms with E-state index in [9.17, 15) is 0 Å². The Morgan fingerprint density at radius 3 is 0.470 bits per heavy atom. The maximum Gasteiger partial charge on any atom is 2.00 e. The summed E-state index contributed by atoms with van der Waals surface area (Å²) in [6.45, 7) is 48.6. The van der Waals surface area contributed by atoms with E-state index in [1.54, 1.807) is 0 Å². The molecule has 7 nitrogen and oxygen atoms in total. The standard InChI is InChI=1S/5C14H22BNP.2C14H22NP.C5H10.8CH3.4Fe/c5*1-14(2,3)17(15,12-8-4-5-9-12)13-10-6-7-11-16-13;2*1-14(2,3)16(12-8-4-5-9-12)13-10-6-7-11-15-13;1-2-4-5-3-1;;;;;;;;;;;;/h5*6-7,10-12H,4-5,8-9H2,1-3H3;2*6-7,10-12H,4-5,8-9H2,1-3H3;1-5H2;8*1H3;;;;/q5*+1;;;;8*-1;4*+2. The van der Waals surface area contributed by atoms with Gasteiger partial charge < -0.3 is 59.4 Å². The number of hydrogen-bond donors (Lipinski definition) is 0. The molecule has 7 heterocycles. The minimum absolute atomic E-state index is 0. The SMILES string of the molecule is C1CCCC1.CC(C)(C)P(c1ccccn1)C1CCCC1.CC(C)(C)P(c1ccccn1)C1CCCC1.[B][P+](c1ccccn1)(C1CCCC1)C(C)(C)C.[B][P+](c1ccccn1)(C1CCCC1)C(C)(C)C.[B][P+](c1ccccn1)(C1CCCC1)C(C)(C)C.[B][P+](c1ccccn1)(C1CCCC1)C(C)(C)C.[B][P+](c1ccccn1)(C1CCCC1)C(C)(C)C.[CH3-].[CH3-].[CH3-].[CH3-].[CH3-].[CH3-].[CH3-].[CH3-].[Fe+2].[Fe+2].[Fe+2].[Fe+2]. The Morgan fingerprint density at radius 1 is 0.209 bits per heavy atom. The molecule has 134 heavy (non-hydrogen) atoms. The van der Waals surface area contributed by atoms with Gasteiger partial charge in [-0.15, -0.1) is 0 Å². The third-order valence-electron chi connectivity index (χ3n) is 28.1. The van der Waals surface area contributed by atoms with Crippen LogP contribution in [0.25, 0.3) is 0 Å². The molecule has 0 aromatic carbocycles. The van der Waals surface area contributed by atoms with Crippen LogP contribution in [0, 0.1) is 59.4 Å². The molecule has 10 radical (unpaired) electrons. The molecule has 0 bridgehead atoms. The van der Waals surface area contributed by atoms with E-state index in [1.807, 2.05) is 85.8 Å². The Hall–Kier alpha value is -0.537. The molecule has 15 rings (SSSR count). The van der Waals surface area contributed by atoms with Crippen LogP contribution in [0.2, 0.25) is 0 Å². The van der Waals surface area contributed by atoms with Gasteiger partial charge in [-0.25, -0.2) is 24.9 Å². The van der Waals surface area contributed by atoms with Gasteiger partial charge in [-0.1, -0.05) is 142 Å². The van der Waals surface area contributed by atoms with E-state index < -0.39 is 35.7 Å². The first-order chi connectivity index (χ1) is 57.5. The molecule has 7 atom stereocenters. The predicted molar refractivity (Wildman–Crippen MR) is 613 cm³/mol. The van der Waals surface area contributed by atoms with E-state index in [1.165, 1.54) is 250 Å². The van der Waals surface area contributed by atoms with Gasteiger partial charge in [0.1, 0.15) is 0 Å². The first-order valence-electron chi connectivity index (χ1n) is 47.8. The van der Waals surface area contributed by atoms with Gasteiger partial charge in [0.05, 0.1) is 64.9 Å². The second-order valence-corrected chi connectivity index (χ2v) is 70.4. The number of hydrogen-bond acceptors (Lipinski definition) is 7. The molecule has 8 fully saturated rings. The molecule has 8 saturated carbocycles. The zero-order chi connectivity index (χ0) is 89.3. The summed E-state index contributed by atoms with van der Waals surface area (Å²) in [6.07, 6.45) is 58.5.